The van der Waals surface area contributed by atoms with Crippen LogP contribution in [0.25, 0.3) is 0 Å². The van der Waals surface area contributed by atoms with E-state index in [1.165, 1.54) is 13.3 Å². The molecule has 0 radical (unpaired) electrons. The van der Waals surface area contributed by atoms with Crippen molar-refractivity contribution in [2.75, 3.05) is 14.2 Å². The maximum Gasteiger partial charge on any atom is 0.336 e. The second kappa shape index (κ2) is 5.53. The Balaban J connectivity index is 3.27. The van der Waals surface area contributed by atoms with Crippen molar-refractivity contribution in [2.45, 2.75) is 13.8 Å². The largest absolute Gasteiger partial charge is 0.478 e. The Kier molecular flexibility index (Phi) is 4.31. The maximum absolute atomic E-state index is 11.7. The lowest BCUT2D eigenvalue weighted by molar-refractivity contribution is -0.136. The number of carboxylic acid groups (broad SMARTS) is 1. The number of carbonyl (C=O) groups excluding carboxylic acids is 1. The molecule has 18 heavy (non-hydrogen) atoms. The second-order valence-corrected chi connectivity index (χ2v) is 4.35. The molecule has 98 valence electrons. The second-order valence-electron chi connectivity index (χ2n) is 4.35. The highest BCUT2D eigenvalue weighted by Gasteiger charge is 2.30. The molecule has 1 atom stereocenters. The minimum absolute atomic E-state index is 0.154. The number of aliphatic carboxylic acids is 1. The molecule has 5 heteroatoms. The van der Waals surface area contributed by atoms with Gasteiger partial charge in [-0.05, 0) is 13.8 Å². The lowest BCUT2D eigenvalue weighted by atomic mass is 9.88. The van der Waals surface area contributed by atoms with Crippen molar-refractivity contribution in [1.29, 1.82) is 0 Å². The highest BCUT2D eigenvalue weighted by Crippen LogP contribution is 2.29. The average Bonchev–Trinajstić information content (AvgIpc) is 2.28. The molecule has 0 aliphatic carbocycles. The highest BCUT2D eigenvalue weighted by molar-refractivity contribution is 5.96. The summed E-state index contributed by atoms with van der Waals surface area (Å²) >= 11 is 0. The van der Waals surface area contributed by atoms with Crippen molar-refractivity contribution in [3.05, 3.63) is 35.2 Å². The Hall–Kier alpha value is -2.04. The van der Waals surface area contributed by atoms with Crippen molar-refractivity contribution < 1.29 is 19.4 Å². The number of rotatable bonds is 3. The summed E-state index contributed by atoms with van der Waals surface area (Å²) in [7, 11) is 2.95. The number of ether oxygens (including phenoxy) is 1. The van der Waals surface area contributed by atoms with E-state index in [9.17, 15) is 14.7 Å². The summed E-state index contributed by atoms with van der Waals surface area (Å²) in [6.07, 6.45) is 4.83. The molecule has 1 unspecified atom stereocenters. The average molecular weight is 251 g/mol. The molecule has 0 bridgehead atoms. The lowest BCUT2D eigenvalue weighted by Gasteiger charge is -2.25. The van der Waals surface area contributed by atoms with E-state index in [4.69, 9.17) is 4.74 Å². The normalized spacial score (nSPS) is 18.7. The number of hydrogen-bond donors (Lipinski definition) is 1. The molecule has 5 nitrogen and oxygen atoms in total. The van der Waals surface area contributed by atoms with E-state index in [2.05, 4.69) is 0 Å². The molecule has 0 fully saturated rings. The minimum atomic E-state index is -1.04. The van der Waals surface area contributed by atoms with E-state index in [0.29, 0.717) is 5.57 Å². The molecule has 0 aromatic heterocycles. The Morgan fingerprint density at radius 2 is 1.89 bits per heavy atom. The Morgan fingerprint density at radius 3 is 2.33 bits per heavy atom. The lowest BCUT2D eigenvalue weighted by Crippen LogP contribution is -2.26. The van der Waals surface area contributed by atoms with Gasteiger partial charge in [0.2, 0.25) is 0 Å². The van der Waals surface area contributed by atoms with Gasteiger partial charge in [0.15, 0.2) is 0 Å². The number of methoxy groups -OCH3 is 1. The molecular formula is C13H17NO4. The molecule has 1 rings (SSSR count). The molecule has 0 amide bonds. The van der Waals surface area contributed by atoms with E-state index in [-0.39, 0.29) is 5.57 Å². The number of carbonyl (C=O) groups is 2. The maximum atomic E-state index is 11.7. The number of allylic oxidation sites excluding steroid dienone is 2. The molecular weight excluding hydrogens is 234 g/mol. The minimum Gasteiger partial charge on any atom is -0.478 e. The van der Waals surface area contributed by atoms with Crippen LogP contribution in [0.15, 0.2) is 35.2 Å². The Bertz CT molecular complexity index is 456. The van der Waals surface area contributed by atoms with Crippen LogP contribution in [0, 0.1) is 5.92 Å². The Labute approximate surface area is 106 Å². The van der Waals surface area contributed by atoms with Crippen molar-refractivity contribution in [3.63, 3.8) is 0 Å². The number of esters is 1. The van der Waals surface area contributed by atoms with Gasteiger partial charge in [0.25, 0.3) is 0 Å². The standard InChI is InChI=1S/C13H17NO4/c1-8(2)5-9-10(12(15)16)6-14(3)7-11(9)13(17)18-4/h5-7,9H,1-4H3,(H,15,16). The predicted molar refractivity (Wildman–Crippen MR) is 66.5 cm³/mol. The van der Waals surface area contributed by atoms with Gasteiger partial charge in [-0.1, -0.05) is 11.6 Å². The van der Waals surface area contributed by atoms with Crippen molar-refractivity contribution in [3.8, 4) is 0 Å². The molecule has 0 aromatic rings. The number of nitrogens with zero attached hydrogens (tertiary/aromatic N) is 1. The molecule has 0 spiro atoms. The van der Waals surface area contributed by atoms with E-state index in [1.807, 2.05) is 13.8 Å². The first-order valence-electron chi connectivity index (χ1n) is 5.48. The molecule has 0 aromatic carbocycles. The summed E-state index contributed by atoms with van der Waals surface area (Å²) in [6, 6.07) is 0. The summed E-state index contributed by atoms with van der Waals surface area (Å²) in [5.74, 6) is -2.13. The fourth-order valence-corrected chi connectivity index (χ4v) is 1.80. The fraction of sp³-hybridized carbons (Fsp3) is 0.385. The van der Waals surface area contributed by atoms with E-state index in [0.717, 1.165) is 5.57 Å². The van der Waals surface area contributed by atoms with Crippen LogP contribution in [-0.4, -0.2) is 36.1 Å². The van der Waals surface area contributed by atoms with Crippen LogP contribution in [0.2, 0.25) is 0 Å². The highest BCUT2D eigenvalue weighted by atomic mass is 16.5. The zero-order chi connectivity index (χ0) is 13.9. The zero-order valence-electron chi connectivity index (χ0n) is 10.9. The van der Waals surface area contributed by atoms with E-state index in [1.54, 1.807) is 24.2 Å². The molecule has 1 aliphatic rings. The van der Waals surface area contributed by atoms with Crippen molar-refractivity contribution >= 4 is 11.9 Å². The van der Waals surface area contributed by atoms with Crippen LogP contribution in [0.3, 0.4) is 0 Å². The third kappa shape index (κ3) is 3.00. The molecule has 1 aliphatic heterocycles. The molecule has 0 saturated heterocycles. The summed E-state index contributed by atoms with van der Waals surface area (Å²) in [4.78, 5) is 24.5. The van der Waals surface area contributed by atoms with Gasteiger partial charge in [-0.2, -0.15) is 0 Å². The first-order chi connectivity index (χ1) is 8.36. The van der Waals surface area contributed by atoms with Gasteiger partial charge >= 0.3 is 11.9 Å². The summed E-state index contributed by atoms with van der Waals surface area (Å²) in [5, 5.41) is 9.21. The van der Waals surface area contributed by atoms with Gasteiger partial charge in [-0.15, -0.1) is 0 Å². The summed E-state index contributed by atoms with van der Waals surface area (Å²) in [5.41, 5.74) is 1.41. The van der Waals surface area contributed by atoms with Gasteiger partial charge < -0.3 is 14.7 Å². The van der Waals surface area contributed by atoms with Crippen LogP contribution in [0.1, 0.15) is 13.8 Å². The third-order valence-electron chi connectivity index (χ3n) is 2.52. The van der Waals surface area contributed by atoms with Crippen LogP contribution < -0.4 is 0 Å². The van der Waals surface area contributed by atoms with Gasteiger partial charge in [0, 0.05) is 25.4 Å². The topological polar surface area (TPSA) is 66.8 Å². The summed E-state index contributed by atoms with van der Waals surface area (Å²) in [6.45, 7) is 3.71. The van der Waals surface area contributed by atoms with Gasteiger partial charge in [-0.25, -0.2) is 9.59 Å². The van der Waals surface area contributed by atoms with E-state index >= 15 is 0 Å². The van der Waals surface area contributed by atoms with Crippen molar-refractivity contribution in [1.82, 2.24) is 4.90 Å². The van der Waals surface area contributed by atoms with Gasteiger partial charge in [0.05, 0.1) is 18.3 Å². The predicted octanol–water partition coefficient (Wildman–Crippen LogP) is 1.54. The monoisotopic (exact) mass is 251 g/mol. The van der Waals surface area contributed by atoms with Crippen LogP contribution >= 0.6 is 0 Å². The SMILES string of the molecule is COC(=O)C1=CN(C)C=C(C(=O)O)C1C=C(C)C. The fourth-order valence-electron chi connectivity index (χ4n) is 1.80. The quantitative estimate of drug-likeness (QED) is 0.608. The first-order valence-corrected chi connectivity index (χ1v) is 5.48. The molecule has 0 saturated carbocycles. The molecule has 1 N–H and O–H groups in total. The van der Waals surface area contributed by atoms with E-state index < -0.39 is 17.9 Å². The summed E-state index contributed by atoms with van der Waals surface area (Å²) < 4.78 is 4.69. The van der Waals surface area contributed by atoms with Crippen LogP contribution in [-0.2, 0) is 14.3 Å². The van der Waals surface area contributed by atoms with Crippen LogP contribution in [0.4, 0.5) is 0 Å². The smallest absolute Gasteiger partial charge is 0.336 e. The van der Waals surface area contributed by atoms with Crippen molar-refractivity contribution in [2.24, 2.45) is 5.92 Å². The van der Waals surface area contributed by atoms with Crippen LogP contribution in [0.5, 0.6) is 0 Å². The zero-order valence-corrected chi connectivity index (χ0v) is 10.9. The first kappa shape index (κ1) is 14.0. The van der Waals surface area contributed by atoms with Gasteiger partial charge in [0.1, 0.15) is 0 Å². The molecule has 1 heterocycles. The number of carboxylic acids is 1. The third-order valence-corrected chi connectivity index (χ3v) is 2.52. The van der Waals surface area contributed by atoms with Gasteiger partial charge in [-0.3, -0.25) is 0 Å². The number of hydrogen-bond acceptors (Lipinski definition) is 4. The Morgan fingerprint density at radius 1 is 1.33 bits per heavy atom.